The summed E-state index contributed by atoms with van der Waals surface area (Å²) in [6.07, 6.45) is -1.53. The molecule has 0 aromatic heterocycles. The molecule has 0 radical (unpaired) electrons. The van der Waals surface area contributed by atoms with Gasteiger partial charge in [-0.2, -0.15) is 0 Å². The fourth-order valence-electron chi connectivity index (χ4n) is 0.261. The molecule has 0 saturated heterocycles. The monoisotopic (exact) mass is 214 g/mol. The van der Waals surface area contributed by atoms with Gasteiger partial charge in [-0.3, -0.25) is 9.13 Å². The van der Waals surface area contributed by atoms with E-state index in [1.807, 2.05) is 0 Å². The van der Waals surface area contributed by atoms with Crippen molar-refractivity contribution in [3.05, 3.63) is 0 Å². The summed E-state index contributed by atoms with van der Waals surface area (Å²) in [5.41, 5.74) is 0. The second-order valence-electron chi connectivity index (χ2n) is 1.78. The Hall–Kier alpha value is 1.30. The van der Waals surface area contributed by atoms with E-state index in [4.69, 9.17) is 19.6 Å². The molecular formula is C2H9NaO6P2. The first kappa shape index (κ1) is 14.8. The predicted octanol–water partition coefficient (Wildman–Crippen LogP) is -1.31. The van der Waals surface area contributed by atoms with Gasteiger partial charge >= 0.3 is 44.7 Å². The van der Waals surface area contributed by atoms with Crippen molar-refractivity contribution in [2.45, 2.75) is 0 Å². The predicted molar refractivity (Wildman–Crippen MR) is 41.0 cm³/mol. The molecule has 64 valence electrons. The molecule has 0 aliphatic carbocycles. The number of rotatable bonds is 3. The van der Waals surface area contributed by atoms with Crippen molar-refractivity contribution >= 4 is 44.7 Å². The number of hydrogen-bond donors (Lipinski definition) is 4. The van der Waals surface area contributed by atoms with E-state index in [-0.39, 0.29) is 29.6 Å². The van der Waals surface area contributed by atoms with Crippen molar-refractivity contribution in [3.8, 4) is 0 Å². The van der Waals surface area contributed by atoms with Crippen molar-refractivity contribution < 1.29 is 28.7 Å². The summed E-state index contributed by atoms with van der Waals surface area (Å²) in [6.45, 7) is 0. The van der Waals surface area contributed by atoms with Gasteiger partial charge in [0.15, 0.2) is 0 Å². The first-order valence-electron chi connectivity index (χ1n) is 2.30. The first-order chi connectivity index (χ1) is 4.21. The van der Waals surface area contributed by atoms with Crippen molar-refractivity contribution in [2.75, 3.05) is 12.3 Å². The van der Waals surface area contributed by atoms with Crippen LogP contribution < -0.4 is 0 Å². The molecule has 0 aromatic carbocycles. The standard InChI is InChI=1S/C2H8O6P2.Na.H/c3-9(4,5)1-2-10(6,7)8;;/h1-2H2,(H2,3,4,5)(H2,6,7,8);;. The van der Waals surface area contributed by atoms with Gasteiger partial charge in [-0.15, -0.1) is 0 Å². The van der Waals surface area contributed by atoms with Crippen molar-refractivity contribution in [1.29, 1.82) is 0 Å². The van der Waals surface area contributed by atoms with Gasteiger partial charge in [-0.1, -0.05) is 0 Å². The number of hydrogen-bond acceptors (Lipinski definition) is 2. The van der Waals surface area contributed by atoms with E-state index >= 15 is 0 Å². The molecule has 0 aromatic rings. The average Bonchev–Trinajstić information content (AvgIpc) is 1.57. The Kier molecular flexibility index (Phi) is 6.89. The van der Waals surface area contributed by atoms with Crippen LogP contribution in [0.25, 0.3) is 0 Å². The molecule has 9 heteroatoms. The molecule has 0 aliphatic rings. The van der Waals surface area contributed by atoms with Crippen molar-refractivity contribution in [2.24, 2.45) is 0 Å². The Morgan fingerprint density at radius 3 is 1.09 bits per heavy atom. The molecule has 0 amide bonds. The third-order valence-corrected chi connectivity index (χ3v) is 2.65. The van der Waals surface area contributed by atoms with Crippen LogP contribution in [0, 0.1) is 0 Å². The van der Waals surface area contributed by atoms with Crippen LogP contribution in [0.15, 0.2) is 0 Å². The van der Waals surface area contributed by atoms with Gasteiger partial charge in [0.25, 0.3) is 0 Å². The molecule has 0 aliphatic heterocycles. The third-order valence-electron chi connectivity index (χ3n) is 0.683. The zero-order chi connectivity index (χ0) is 8.41. The summed E-state index contributed by atoms with van der Waals surface area (Å²) in [7, 11) is -8.51. The zero-order valence-electron chi connectivity index (χ0n) is 4.91. The first-order valence-corrected chi connectivity index (χ1v) is 5.89. The van der Waals surface area contributed by atoms with Gasteiger partial charge in [0, 0.05) is 0 Å². The van der Waals surface area contributed by atoms with Crippen LogP contribution >= 0.6 is 15.2 Å². The van der Waals surface area contributed by atoms with E-state index in [1.54, 1.807) is 0 Å². The summed E-state index contributed by atoms with van der Waals surface area (Å²) in [5, 5.41) is 0. The van der Waals surface area contributed by atoms with E-state index in [1.165, 1.54) is 0 Å². The molecule has 6 nitrogen and oxygen atoms in total. The van der Waals surface area contributed by atoms with E-state index in [2.05, 4.69) is 0 Å². The molecule has 0 heterocycles. The van der Waals surface area contributed by atoms with Gasteiger partial charge in [-0.05, 0) is 0 Å². The van der Waals surface area contributed by atoms with Crippen LogP contribution in [0.4, 0.5) is 0 Å². The van der Waals surface area contributed by atoms with Crippen LogP contribution in [0.2, 0.25) is 0 Å². The Bertz CT molecular complexity index is 169. The Morgan fingerprint density at radius 2 is 1.00 bits per heavy atom. The molecule has 0 atom stereocenters. The maximum atomic E-state index is 10.0. The van der Waals surface area contributed by atoms with E-state index in [0.717, 1.165) is 0 Å². The Morgan fingerprint density at radius 1 is 0.818 bits per heavy atom. The normalized spacial score (nSPS) is 12.4. The Balaban J connectivity index is 0. The second kappa shape index (κ2) is 5.12. The molecule has 4 N–H and O–H groups in total. The van der Waals surface area contributed by atoms with Gasteiger partial charge in [-0.25, -0.2) is 0 Å². The topological polar surface area (TPSA) is 115 Å². The SMILES string of the molecule is O=P(O)(O)CCP(=O)(O)O.[NaH]. The summed E-state index contributed by atoms with van der Waals surface area (Å²) >= 11 is 0. The quantitative estimate of drug-likeness (QED) is 0.342. The Labute approximate surface area is 85.6 Å². The van der Waals surface area contributed by atoms with E-state index in [0.29, 0.717) is 0 Å². The minimum atomic E-state index is -4.25. The molecule has 0 bridgehead atoms. The summed E-state index contributed by atoms with van der Waals surface area (Å²) in [6, 6.07) is 0. The van der Waals surface area contributed by atoms with Crippen molar-refractivity contribution in [1.82, 2.24) is 0 Å². The van der Waals surface area contributed by atoms with Crippen LogP contribution in [-0.4, -0.2) is 61.5 Å². The summed E-state index contributed by atoms with van der Waals surface area (Å²) in [4.78, 5) is 32.6. The van der Waals surface area contributed by atoms with Crippen LogP contribution in [-0.2, 0) is 9.13 Å². The molecule has 0 fully saturated rings. The second-order valence-corrected chi connectivity index (χ2v) is 5.33. The van der Waals surface area contributed by atoms with Crippen LogP contribution in [0.5, 0.6) is 0 Å². The molecule has 0 saturated carbocycles. The average molecular weight is 214 g/mol. The van der Waals surface area contributed by atoms with Gasteiger partial charge < -0.3 is 19.6 Å². The van der Waals surface area contributed by atoms with E-state index in [9.17, 15) is 9.13 Å². The summed E-state index contributed by atoms with van der Waals surface area (Å²) in [5.74, 6) is 0. The van der Waals surface area contributed by atoms with Gasteiger partial charge in [0.2, 0.25) is 0 Å². The molecule has 0 spiro atoms. The fourth-order valence-corrected chi connectivity index (χ4v) is 2.34. The third kappa shape index (κ3) is 14.2. The minimum absolute atomic E-state index is 0. The summed E-state index contributed by atoms with van der Waals surface area (Å²) < 4.78 is 20.1. The van der Waals surface area contributed by atoms with Crippen LogP contribution in [0.3, 0.4) is 0 Å². The molecular weight excluding hydrogens is 205 g/mol. The molecule has 11 heavy (non-hydrogen) atoms. The fraction of sp³-hybridized carbons (Fsp3) is 1.00. The van der Waals surface area contributed by atoms with Crippen molar-refractivity contribution in [3.63, 3.8) is 0 Å². The van der Waals surface area contributed by atoms with E-state index < -0.39 is 27.5 Å². The van der Waals surface area contributed by atoms with Crippen LogP contribution in [0.1, 0.15) is 0 Å². The van der Waals surface area contributed by atoms with Gasteiger partial charge in [0.05, 0.1) is 12.3 Å². The zero-order valence-corrected chi connectivity index (χ0v) is 6.70. The molecule has 0 rings (SSSR count). The van der Waals surface area contributed by atoms with Gasteiger partial charge in [0.1, 0.15) is 0 Å². The maximum absolute atomic E-state index is 10.0. The molecule has 0 unspecified atom stereocenters.